The second-order valence-electron chi connectivity index (χ2n) is 6.41. The summed E-state index contributed by atoms with van der Waals surface area (Å²) in [5.41, 5.74) is 2.07. The van der Waals surface area contributed by atoms with Gasteiger partial charge in [0.05, 0.1) is 12.2 Å². The van der Waals surface area contributed by atoms with Gasteiger partial charge in [-0.2, -0.15) is 0 Å². The summed E-state index contributed by atoms with van der Waals surface area (Å²) in [5, 5.41) is 0. The molecule has 0 aliphatic heterocycles. The van der Waals surface area contributed by atoms with Crippen LogP contribution in [0.3, 0.4) is 0 Å². The number of hydrogen-bond acceptors (Lipinski definition) is 3. The number of carbonyl (C=O) groups excluding carboxylic acids is 2. The van der Waals surface area contributed by atoms with E-state index in [0.717, 1.165) is 29.4 Å². The zero-order chi connectivity index (χ0) is 15.6. The largest absolute Gasteiger partial charge is 0.366 e. The van der Waals surface area contributed by atoms with Crippen molar-refractivity contribution in [3.05, 3.63) is 22.8 Å². The van der Waals surface area contributed by atoms with Crippen molar-refractivity contribution in [1.82, 2.24) is 0 Å². The Morgan fingerprint density at radius 3 is 2.45 bits per heavy atom. The first-order valence-corrected chi connectivity index (χ1v) is 7.18. The average molecular weight is 278 g/mol. The predicted molar refractivity (Wildman–Crippen MR) is 80.6 cm³/mol. The van der Waals surface area contributed by atoms with Crippen LogP contribution in [-0.2, 0) is 14.3 Å². The Hall–Kier alpha value is -1.22. The predicted octanol–water partition coefficient (Wildman–Crippen LogP) is 3.63. The minimum Gasteiger partial charge on any atom is -0.366 e. The van der Waals surface area contributed by atoms with Crippen LogP contribution >= 0.6 is 0 Å². The van der Waals surface area contributed by atoms with E-state index in [1.165, 1.54) is 6.08 Å². The molecular weight excluding hydrogens is 252 g/mol. The van der Waals surface area contributed by atoms with Crippen molar-refractivity contribution in [2.75, 3.05) is 6.61 Å². The Morgan fingerprint density at radius 1 is 1.35 bits per heavy atom. The lowest BCUT2D eigenvalue weighted by Gasteiger charge is -2.48. The molecule has 1 rings (SSSR count). The summed E-state index contributed by atoms with van der Waals surface area (Å²) in [7, 11) is 0. The van der Waals surface area contributed by atoms with E-state index in [0.29, 0.717) is 13.0 Å². The first-order valence-electron chi connectivity index (χ1n) is 7.18. The first-order chi connectivity index (χ1) is 9.19. The third kappa shape index (κ3) is 2.93. The van der Waals surface area contributed by atoms with E-state index in [4.69, 9.17) is 4.74 Å². The van der Waals surface area contributed by atoms with Gasteiger partial charge in [0, 0.05) is 11.8 Å². The molecule has 0 saturated heterocycles. The molecule has 0 N–H and O–H groups in total. The summed E-state index contributed by atoms with van der Waals surface area (Å²) >= 11 is 0. The van der Waals surface area contributed by atoms with Crippen molar-refractivity contribution in [2.45, 2.75) is 60.0 Å². The molecule has 3 heteroatoms. The van der Waals surface area contributed by atoms with E-state index in [1.54, 1.807) is 0 Å². The third-order valence-electron chi connectivity index (χ3n) is 4.69. The quantitative estimate of drug-likeness (QED) is 0.569. The van der Waals surface area contributed by atoms with E-state index in [-0.39, 0.29) is 11.2 Å². The molecule has 0 fully saturated rings. The summed E-state index contributed by atoms with van der Waals surface area (Å²) in [4.78, 5) is 22.7. The standard InChI is InChI=1S/C17H26O3/c1-7-14-13(3)17(6,16(4,5)10-15(14)19)20-11-12(2)8-9-18/h8-9H,7,10-11H2,1-6H3/b12-8-. The smallest absolute Gasteiger partial charge is 0.159 e. The van der Waals surface area contributed by atoms with Crippen LogP contribution < -0.4 is 0 Å². The van der Waals surface area contributed by atoms with Crippen molar-refractivity contribution < 1.29 is 14.3 Å². The van der Waals surface area contributed by atoms with Crippen LogP contribution in [0.1, 0.15) is 54.4 Å². The van der Waals surface area contributed by atoms with E-state index in [9.17, 15) is 9.59 Å². The monoisotopic (exact) mass is 278 g/mol. The Labute approximate surface area is 122 Å². The van der Waals surface area contributed by atoms with Crippen LogP contribution in [0.15, 0.2) is 22.8 Å². The van der Waals surface area contributed by atoms with Gasteiger partial charge in [0.2, 0.25) is 0 Å². The molecule has 0 bridgehead atoms. The van der Waals surface area contributed by atoms with Gasteiger partial charge in [-0.3, -0.25) is 9.59 Å². The molecule has 1 atom stereocenters. The normalized spacial score (nSPS) is 26.9. The Kier molecular flexibility index (Phi) is 5.09. The first kappa shape index (κ1) is 16.8. The molecule has 0 radical (unpaired) electrons. The molecule has 0 heterocycles. The van der Waals surface area contributed by atoms with Crippen molar-refractivity contribution in [3.63, 3.8) is 0 Å². The van der Waals surface area contributed by atoms with Gasteiger partial charge in [0.15, 0.2) is 5.78 Å². The topological polar surface area (TPSA) is 43.4 Å². The lowest BCUT2D eigenvalue weighted by Crippen LogP contribution is -2.50. The van der Waals surface area contributed by atoms with Gasteiger partial charge in [0.25, 0.3) is 0 Å². The van der Waals surface area contributed by atoms with E-state index < -0.39 is 5.60 Å². The van der Waals surface area contributed by atoms with Gasteiger partial charge < -0.3 is 4.74 Å². The fraction of sp³-hybridized carbons (Fsp3) is 0.647. The van der Waals surface area contributed by atoms with E-state index >= 15 is 0 Å². The SMILES string of the molecule is CCC1=C(C)C(C)(OC/C(C)=C\C=O)C(C)(C)CC1=O. The molecule has 112 valence electrons. The number of Topliss-reactive ketones (excluding diaryl/α,β-unsaturated/α-hetero) is 1. The highest BCUT2D eigenvalue weighted by Gasteiger charge is 2.49. The molecule has 0 saturated carbocycles. The number of rotatable bonds is 5. The molecule has 20 heavy (non-hydrogen) atoms. The lowest BCUT2D eigenvalue weighted by molar-refractivity contribution is -0.129. The molecule has 0 amide bonds. The van der Waals surface area contributed by atoms with Gasteiger partial charge in [0.1, 0.15) is 6.29 Å². The summed E-state index contributed by atoms with van der Waals surface area (Å²) in [6.07, 6.45) is 3.53. The molecule has 1 aliphatic carbocycles. The van der Waals surface area contributed by atoms with Crippen molar-refractivity contribution in [3.8, 4) is 0 Å². The average Bonchev–Trinajstić information content (AvgIpc) is 2.34. The van der Waals surface area contributed by atoms with Crippen LogP contribution in [0.4, 0.5) is 0 Å². The zero-order valence-corrected chi connectivity index (χ0v) is 13.5. The number of hydrogen-bond donors (Lipinski definition) is 0. The van der Waals surface area contributed by atoms with E-state index in [1.807, 2.05) is 20.8 Å². The number of aldehydes is 1. The maximum atomic E-state index is 12.2. The fourth-order valence-electron chi connectivity index (χ4n) is 2.87. The highest BCUT2D eigenvalue weighted by molar-refractivity contribution is 5.98. The van der Waals surface area contributed by atoms with Gasteiger partial charge in [-0.25, -0.2) is 0 Å². The Bertz CT molecular complexity index is 469. The van der Waals surface area contributed by atoms with Gasteiger partial charge in [-0.15, -0.1) is 0 Å². The van der Waals surface area contributed by atoms with Gasteiger partial charge in [-0.1, -0.05) is 20.8 Å². The highest BCUT2D eigenvalue weighted by atomic mass is 16.5. The van der Waals surface area contributed by atoms with Crippen molar-refractivity contribution in [1.29, 1.82) is 0 Å². The molecule has 0 aromatic rings. The van der Waals surface area contributed by atoms with Crippen LogP contribution in [-0.4, -0.2) is 24.3 Å². The molecular formula is C17H26O3. The third-order valence-corrected chi connectivity index (χ3v) is 4.69. The molecule has 3 nitrogen and oxygen atoms in total. The van der Waals surface area contributed by atoms with Crippen LogP contribution in [0, 0.1) is 5.41 Å². The lowest BCUT2D eigenvalue weighted by atomic mass is 9.63. The summed E-state index contributed by atoms with van der Waals surface area (Å²) in [5.74, 6) is 0.233. The van der Waals surface area contributed by atoms with Crippen LogP contribution in [0.2, 0.25) is 0 Å². The van der Waals surface area contributed by atoms with Crippen molar-refractivity contribution >= 4 is 12.1 Å². The molecule has 0 aromatic heterocycles. The molecule has 0 aromatic carbocycles. The summed E-state index contributed by atoms with van der Waals surface area (Å²) in [6, 6.07) is 0. The maximum Gasteiger partial charge on any atom is 0.159 e. The second kappa shape index (κ2) is 6.04. The van der Waals surface area contributed by atoms with E-state index in [2.05, 4.69) is 20.8 Å². The van der Waals surface area contributed by atoms with Crippen molar-refractivity contribution in [2.24, 2.45) is 5.41 Å². The van der Waals surface area contributed by atoms with Gasteiger partial charge in [-0.05, 0) is 50.0 Å². The number of ketones is 1. The van der Waals surface area contributed by atoms with Crippen LogP contribution in [0.25, 0.3) is 0 Å². The highest BCUT2D eigenvalue weighted by Crippen LogP contribution is 2.48. The summed E-state index contributed by atoms with van der Waals surface area (Å²) in [6.45, 7) is 12.5. The minimum absolute atomic E-state index is 0.233. The molecule has 1 unspecified atom stereocenters. The van der Waals surface area contributed by atoms with Crippen LogP contribution in [0.5, 0.6) is 0 Å². The Morgan fingerprint density at radius 2 is 1.95 bits per heavy atom. The number of carbonyl (C=O) groups is 2. The molecule has 1 aliphatic rings. The van der Waals surface area contributed by atoms with Gasteiger partial charge >= 0.3 is 0 Å². The number of allylic oxidation sites excluding steroid dienone is 2. The number of ether oxygens (including phenoxy) is 1. The zero-order valence-electron chi connectivity index (χ0n) is 13.5. The Balaban J connectivity index is 3.15. The fourth-order valence-corrected chi connectivity index (χ4v) is 2.87. The molecule has 0 spiro atoms. The second-order valence-corrected chi connectivity index (χ2v) is 6.41. The minimum atomic E-state index is -0.482. The maximum absolute atomic E-state index is 12.2. The summed E-state index contributed by atoms with van der Waals surface area (Å²) < 4.78 is 6.16.